The van der Waals surface area contributed by atoms with Crippen LogP contribution < -0.4 is 10.6 Å². The number of anilines is 1. The Hall–Kier alpha value is -2.09. The fraction of sp³-hybridized carbons (Fsp3) is 0.471. The van der Waals surface area contributed by atoms with Crippen molar-refractivity contribution in [1.82, 2.24) is 25.2 Å². The van der Waals surface area contributed by atoms with Gasteiger partial charge in [-0.25, -0.2) is 9.97 Å². The van der Waals surface area contributed by atoms with Crippen LogP contribution in [0.5, 0.6) is 0 Å². The highest BCUT2D eigenvalue weighted by Gasteiger charge is 2.30. The van der Waals surface area contributed by atoms with Crippen molar-refractivity contribution in [3.05, 3.63) is 35.8 Å². The van der Waals surface area contributed by atoms with Crippen molar-refractivity contribution in [2.24, 2.45) is 0 Å². The predicted octanol–water partition coefficient (Wildman–Crippen LogP) is 0.619. The second kappa shape index (κ2) is 6.43. The van der Waals surface area contributed by atoms with Gasteiger partial charge in [-0.1, -0.05) is 0 Å². The van der Waals surface area contributed by atoms with Gasteiger partial charge in [0.2, 0.25) is 0 Å². The van der Waals surface area contributed by atoms with E-state index in [0.29, 0.717) is 0 Å². The number of aromatic nitrogens is 3. The van der Waals surface area contributed by atoms with E-state index in [9.17, 15) is 5.11 Å². The Labute approximate surface area is 141 Å². The smallest absolute Gasteiger partial charge is 0.161 e. The van der Waals surface area contributed by atoms with Crippen LogP contribution in [-0.2, 0) is 13.1 Å². The molecule has 2 aliphatic rings. The van der Waals surface area contributed by atoms with Gasteiger partial charge in [-0.05, 0) is 25.6 Å². The van der Waals surface area contributed by atoms with Crippen LogP contribution in [-0.4, -0.2) is 57.2 Å². The van der Waals surface area contributed by atoms with Crippen molar-refractivity contribution in [2.45, 2.75) is 31.6 Å². The maximum atomic E-state index is 9.46. The monoisotopic (exact) mass is 326 g/mol. The summed E-state index contributed by atoms with van der Waals surface area (Å²) in [4.78, 5) is 15.8. The van der Waals surface area contributed by atoms with Gasteiger partial charge in [0, 0.05) is 55.2 Å². The third-order valence-corrected chi connectivity index (χ3v) is 4.87. The van der Waals surface area contributed by atoms with Gasteiger partial charge in [0.05, 0.1) is 12.3 Å². The highest BCUT2D eigenvalue weighted by atomic mass is 16.3. The molecule has 0 amide bonds. The molecule has 2 atom stereocenters. The molecule has 2 aromatic heterocycles. The number of fused-ring (bicyclic) bond motifs is 1. The summed E-state index contributed by atoms with van der Waals surface area (Å²) in [6, 6.07) is 4.37. The molecule has 0 aliphatic carbocycles. The van der Waals surface area contributed by atoms with Crippen molar-refractivity contribution in [1.29, 1.82) is 0 Å². The molecule has 0 saturated carbocycles. The minimum atomic E-state index is 0.195. The molecule has 1 fully saturated rings. The first-order valence-electron chi connectivity index (χ1n) is 8.33. The summed E-state index contributed by atoms with van der Waals surface area (Å²) in [7, 11) is 2.05. The van der Waals surface area contributed by atoms with Crippen molar-refractivity contribution < 1.29 is 5.11 Å². The Bertz CT molecular complexity index is 723. The van der Waals surface area contributed by atoms with E-state index in [-0.39, 0.29) is 18.7 Å². The first-order chi connectivity index (χ1) is 11.7. The SMILES string of the molecule is CN1C[C@H](Nc2nc(-c3ccncc3)nc3c2CNC3)C[C@H]1CO. The fourth-order valence-corrected chi connectivity index (χ4v) is 3.51. The number of pyridine rings is 1. The molecule has 0 radical (unpaired) electrons. The number of likely N-dealkylation sites (tertiary alicyclic amines) is 1. The Morgan fingerprint density at radius 3 is 2.88 bits per heavy atom. The van der Waals surface area contributed by atoms with Crippen LogP contribution in [0.3, 0.4) is 0 Å². The van der Waals surface area contributed by atoms with Crippen LogP contribution in [0.25, 0.3) is 11.4 Å². The summed E-state index contributed by atoms with van der Waals surface area (Å²) < 4.78 is 0. The minimum Gasteiger partial charge on any atom is -0.395 e. The standard InChI is InChI=1S/C17H22N6O/c1-23-9-12(6-13(23)10-24)20-17-14-7-19-8-15(14)21-16(22-17)11-2-4-18-5-3-11/h2-5,12-13,19,24H,6-10H2,1H3,(H,20,21,22)/t12-,13+/m1/s1. The van der Waals surface area contributed by atoms with Gasteiger partial charge >= 0.3 is 0 Å². The van der Waals surface area contributed by atoms with Crippen LogP contribution in [0.4, 0.5) is 5.82 Å². The number of likely N-dealkylation sites (N-methyl/N-ethyl adjacent to an activating group) is 1. The van der Waals surface area contributed by atoms with E-state index in [2.05, 4.69) is 27.6 Å². The maximum absolute atomic E-state index is 9.46. The van der Waals surface area contributed by atoms with E-state index >= 15 is 0 Å². The molecule has 126 valence electrons. The van der Waals surface area contributed by atoms with Gasteiger partial charge < -0.3 is 15.7 Å². The summed E-state index contributed by atoms with van der Waals surface area (Å²) in [5.74, 6) is 1.64. The summed E-state index contributed by atoms with van der Waals surface area (Å²) in [6.45, 7) is 2.66. The molecular formula is C17H22N6O. The summed E-state index contributed by atoms with van der Waals surface area (Å²) in [5.41, 5.74) is 3.19. The predicted molar refractivity (Wildman–Crippen MR) is 91.3 cm³/mol. The molecule has 4 rings (SSSR count). The number of rotatable bonds is 4. The van der Waals surface area contributed by atoms with E-state index < -0.39 is 0 Å². The fourth-order valence-electron chi connectivity index (χ4n) is 3.51. The molecule has 0 aromatic carbocycles. The van der Waals surface area contributed by atoms with E-state index in [4.69, 9.17) is 9.97 Å². The second-order valence-corrected chi connectivity index (χ2v) is 6.51. The van der Waals surface area contributed by atoms with E-state index in [0.717, 1.165) is 54.5 Å². The van der Waals surface area contributed by atoms with Gasteiger partial charge in [0.25, 0.3) is 0 Å². The first-order valence-corrected chi connectivity index (χ1v) is 8.33. The van der Waals surface area contributed by atoms with Gasteiger partial charge in [0.1, 0.15) is 5.82 Å². The molecule has 1 saturated heterocycles. The number of nitrogens with zero attached hydrogens (tertiary/aromatic N) is 4. The maximum Gasteiger partial charge on any atom is 0.161 e. The largest absolute Gasteiger partial charge is 0.395 e. The third kappa shape index (κ3) is 2.86. The molecule has 2 aliphatic heterocycles. The number of nitrogens with one attached hydrogen (secondary N) is 2. The number of hydrogen-bond acceptors (Lipinski definition) is 7. The Balaban J connectivity index is 1.64. The molecule has 7 nitrogen and oxygen atoms in total. The lowest BCUT2D eigenvalue weighted by atomic mass is 10.1. The topological polar surface area (TPSA) is 86.2 Å². The second-order valence-electron chi connectivity index (χ2n) is 6.51. The highest BCUT2D eigenvalue weighted by Crippen LogP contribution is 2.27. The zero-order valence-electron chi connectivity index (χ0n) is 13.7. The summed E-state index contributed by atoms with van der Waals surface area (Å²) >= 11 is 0. The van der Waals surface area contributed by atoms with E-state index in [1.807, 2.05) is 12.1 Å². The Morgan fingerprint density at radius 1 is 1.29 bits per heavy atom. The Kier molecular flexibility index (Phi) is 4.13. The van der Waals surface area contributed by atoms with Crippen LogP contribution in [0.15, 0.2) is 24.5 Å². The number of aliphatic hydroxyl groups is 1. The van der Waals surface area contributed by atoms with Crippen LogP contribution in [0, 0.1) is 0 Å². The molecule has 2 aromatic rings. The number of hydrogen-bond donors (Lipinski definition) is 3. The van der Waals surface area contributed by atoms with Crippen molar-refractivity contribution in [2.75, 3.05) is 25.5 Å². The highest BCUT2D eigenvalue weighted by molar-refractivity contribution is 5.60. The van der Waals surface area contributed by atoms with Crippen molar-refractivity contribution in [3.63, 3.8) is 0 Å². The molecule has 4 heterocycles. The van der Waals surface area contributed by atoms with Crippen molar-refractivity contribution >= 4 is 5.82 Å². The van der Waals surface area contributed by atoms with Gasteiger partial charge in [-0.3, -0.25) is 9.88 Å². The third-order valence-electron chi connectivity index (χ3n) is 4.87. The molecule has 0 bridgehead atoms. The average molecular weight is 326 g/mol. The summed E-state index contributed by atoms with van der Waals surface area (Å²) in [5, 5.41) is 16.4. The van der Waals surface area contributed by atoms with Gasteiger partial charge in [0.15, 0.2) is 5.82 Å². The minimum absolute atomic E-state index is 0.195. The van der Waals surface area contributed by atoms with E-state index in [1.165, 1.54) is 0 Å². The van der Waals surface area contributed by atoms with Crippen LogP contribution >= 0.6 is 0 Å². The lowest BCUT2D eigenvalue weighted by Crippen LogP contribution is -2.28. The summed E-state index contributed by atoms with van der Waals surface area (Å²) in [6.07, 6.45) is 4.44. The molecule has 0 unspecified atom stereocenters. The normalized spacial score (nSPS) is 23.4. The zero-order chi connectivity index (χ0) is 16.5. The quantitative estimate of drug-likeness (QED) is 0.759. The first kappa shape index (κ1) is 15.4. The van der Waals surface area contributed by atoms with Crippen molar-refractivity contribution in [3.8, 4) is 11.4 Å². The molecular weight excluding hydrogens is 304 g/mol. The lowest BCUT2D eigenvalue weighted by molar-refractivity contribution is 0.182. The average Bonchev–Trinajstić information content (AvgIpc) is 3.21. The lowest BCUT2D eigenvalue weighted by Gasteiger charge is -2.17. The molecule has 7 heteroatoms. The molecule has 0 spiro atoms. The number of aliphatic hydroxyl groups excluding tert-OH is 1. The van der Waals surface area contributed by atoms with E-state index in [1.54, 1.807) is 12.4 Å². The van der Waals surface area contributed by atoms with Gasteiger partial charge in [-0.15, -0.1) is 0 Å². The molecule has 24 heavy (non-hydrogen) atoms. The zero-order valence-corrected chi connectivity index (χ0v) is 13.7. The Morgan fingerprint density at radius 2 is 2.12 bits per heavy atom. The van der Waals surface area contributed by atoms with Gasteiger partial charge in [-0.2, -0.15) is 0 Å². The van der Waals surface area contributed by atoms with Crippen LogP contribution in [0.2, 0.25) is 0 Å². The van der Waals surface area contributed by atoms with Crippen LogP contribution in [0.1, 0.15) is 17.7 Å². The molecule has 3 N–H and O–H groups in total.